The molecule has 0 saturated heterocycles. The summed E-state index contributed by atoms with van der Waals surface area (Å²) < 4.78 is 5.68. The van der Waals surface area contributed by atoms with Gasteiger partial charge >= 0.3 is 0 Å². The Kier molecular flexibility index (Phi) is 2.28. The van der Waals surface area contributed by atoms with Crippen molar-refractivity contribution < 1.29 is 4.74 Å². The molecule has 2 heteroatoms. The molecule has 14 heavy (non-hydrogen) atoms. The van der Waals surface area contributed by atoms with Crippen molar-refractivity contribution in [3.8, 4) is 0 Å². The fourth-order valence-electron chi connectivity index (χ4n) is 1.77. The van der Waals surface area contributed by atoms with Gasteiger partial charge in [0.25, 0.3) is 0 Å². The van der Waals surface area contributed by atoms with Crippen molar-refractivity contribution in [2.45, 2.75) is 26.9 Å². The Labute approximate surface area is 84.6 Å². The molecule has 0 aliphatic carbocycles. The molecule has 1 aliphatic rings. The van der Waals surface area contributed by atoms with Crippen molar-refractivity contribution >= 4 is 5.90 Å². The molecule has 1 aromatic carbocycles. The second-order valence-corrected chi connectivity index (χ2v) is 3.63. The first-order valence-corrected chi connectivity index (χ1v) is 5.04. The molecule has 1 aliphatic heterocycles. The van der Waals surface area contributed by atoms with Crippen molar-refractivity contribution in [2.24, 2.45) is 4.99 Å². The molecule has 1 heterocycles. The van der Waals surface area contributed by atoms with Gasteiger partial charge < -0.3 is 4.74 Å². The summed E-state index contributed by atoms with van der Waals surface area (Å²) in [6.07, 6.45) is 0.148. The van der Waals surface area contributed by atoms with Crippen LogP contribution in [0.2, 0.25) is 0 Å². The van der Waals surface area contributed by atoms with Crippen LogP contribution in [0.25, 0.3) is 0 Å². The summed E-state index contributed by atoms with van der Waals surface area (Å²) in [5, 5.41) is 0. The van der Waals surface area contributed by atoms with E-state index in [1.807, 2.05) is 6.92 Å². The fourth-order valence-corrected chi connectivity index (χ4v) is 1.77. The Balaban J connectivity index is 2.50. The molecule has 2 nitrogen and oxygen atoms in total. The maximum Gasteiger partial charge on any atom is 0.217 e. The molecule has 0 fully saturated rings. The third-order valence-corrected chi connectivity index (χ3v) is 2.47. The first-order valence-electron chi connectivity index (χ1n) is 5.04. The van der Waals surface area contributed by atoms with E-state index >= 15 is 0 Å². The minimum absolute atomic E-state index is 0.148. The maximum absolute atomic E-state index is 5.68. The molecule has 0 spiro atoms. The quantitative estimate of drug-likeness (QED) is 0.665. The molecular formula is C12H15NO. The highest BCUT2D eigenvalue weighted by Crippen LogP contribution is 2.31. The van der Waals surface area contributed by atoms with Gasteiger partial charge in [-0.05, 0) is 26.8 Å². The van der Waals surface area contributed by atoms with Crippen LogP contribution in [0.1, 0.15) is 36.6 Å². The normalized spacial score (nSPS) is 22.2. The average Bonchev–Trinajstić information content (AvgIpc) is 2.44. The lowest BCUT2D eigenvalue weighted by molar-refractivity contribution is 0.231. The van der Waals surface area contributed by atoms with Crippen LogP contribution in [0.4, 0.5) is 0 Å². The van der Waals surface area contributed by atoms with Crippen LogP contribution in [-0.2, 0) is 4.74 Å². The standard InChI is InChI=1S/C12H15NO/c1-4-13-12-10-6-5-8(2)7-11(10)9(3)14-12/h5-7,9H,4H2,1-3H3. The second-order valence-electron chi connectivity index (χ2n) is 3.63. The van der Waals surface area contributed by atoms with E-state index in [1.165, 1.54) is 11.1 Å². The maximum atomic E-state index is 5.68. The molecule has 0 radical (unpaired) electrons. The van der Waals surface area contributed by atoms with E-state index in [1.54, 1.807) is 0 Å². The van der Waals surface area contributed by atoms with Gasteiger partial charge in [0, 0.05) is 17.7 Å². The van der Waals surface area contributed by atoms with Gasteiger partial charge in [0.05, 0.1) is 0 Å². The van der Waals surface area contributed by atoms with Crippen LogP contribution in [-0.4, -0.2) is 12.4 Å². The molecular weight excluding hydrogens is 174 g/mol. The smallest absolute Gasteiger partial charge is 0.217 e. The molecule has 0 saturated carbocycles. The number of hydrogen-bond donors (Lipinski definition) is 0. The van der Waals surface area contributed by atoms with E-state index in [9.17, 15) is 0 Å². The summed E-state index contributed by atoms with van der Waals surface area (Å²) in [7, 11) is 0. The first-order chi connectivity index (χ1) is 6.72. The highest BCUT2D eigenvalue weighted by Gasteiger charge is 2.25. The lowest BCUT2D eigenvalue weighted by atomic mass is 10.0. The number of nitrogens with zero attached hydrogens (tertiary/aromatic N) is 1. The predicted octanol–water partition coefficient (Wildman–Crippen LogP) is 2.85. The van der Waals surface area contributed by atoms with Gasteiger partial charge in [-0.3, -0.25) is 4.99 Å². The van der Waals surface area contributed by atoms with Crippen molar-refractivity contribution in [1.29, 1.82) is 0 Å². The highest BCUT2D eigenvalue weighted by molar-refractivity contribution is 5.98. The molecule has 2 rings (SSSR count). The lowest BCUT2D eigenvalue weighted by Gasteiger charge is -2.03. The Morgan fingerprint density at radius 2 is 2.21 bits per heavy atom. The summed E-state index contributed by atoms with van der Waals surface area (Å²) in [5.41, 5.74) is 3.69. The predicted molar refractivity (Wildman–Crippen MR) is 57.8 cm³/mol. The molecule has 0 amide bonds. The second kappa shape index (κ2) is 3.45. The van der Waals surface area contributed by atoms with Crippen LogP contribution in [0.5, 0.6) is 0 Å². The van der Waals surface area contributed by atoms with Crippen molar-refractivity contribution in [3.63, 3.8) is 0 Å². The van der Waals surface area contributed by atoms with E-state index < -0.39 is 0 Å². The van der Waals surface area contributed by atoms with Gasteiger partial charge in [-0.25, -0.2) is 0 Å². The first kappa shape index (κ1) is 9.25. The molecule has 1 unspecified atom stereocenters. The monoisotopic (exact) mass is 189 g/mol. The van der Waals surface area contributed by atoms with Gasteiger partial charge in [-0.2, -0.15) is 0 Å². The van der Waals surface area contributed by atoms with Gasteiger partial charge in [0.2, 0.25) is 5.90 Å². The van der Waals surface area contributed by atoms with Crippen LogP contribution in [0.3, 0.4) is 0 Å². The zero-order valence-electron chi connectivity index (χ0n) is 8.87. The number of hydrogen-bond acceptors (Lipinski definition) is 2. The molecule has 0 aromatic heterocycles. The van der Waals surface area contributed by atoms with Crippen molar-refractivity contribution in [2.75, 3.05) is 6.54 Å². The zero-order valence-corrected chi connectivity index (χ0v) is 8.87. The van der Waals surface area contributed by atoms with E-state index in [0.717, 1.165) is 18.0 Å². The summed E-state index contributed by atoms with van der Waals surface area (Å²) >= 11 is 0. The third-order valence-electron chi connectivity index (χ3n) is 2.47. The molecule has 74 valence electrons. The number of rotatable bonds is 1. The van der Waals surface area contributed by atoms with E-state index in [0.29, 0.717) is 0 Å². The topological polar surface area (TPSA) is 21.6 Å². The summed E-state index contributed by atoms with van der Waals surface area (Å²) in [6, 6.07) is 6.38. The van der Waals surface area contributed by atoms with Crippen LogP contribution >= 0.6 is 0 Å². The Morgan fingerprint density at radius 3 is 2.93 bits per heavy atom. The Bertz CT molecular complexity index is 382. The summed E-state index contributed by atoms with van der Waals surface area (Å²) in [6.45, 7) is 6.96. The third kappa shape index (κ3) is 1.41. The Hall–Kier alpha value is -1.31. The van der Waals surface area contributed by atoms with Gasteiger partial charge in [0.15, 0.2) is 0 Å². The number of benzene rings is 1. The number of aliphatic imine (C=N–C) groups is 1. The molecule has 0 bridgehead atoms. The zero-order chi connectivity index (χ0) is 10.1. The van der Waals surface area contributed by atoms with Gasteiger partial charge in [0.1, 0.15) is 6.10 Å². The molecule has 1 aromatic rings. The van der Waals surface area contributed by atoms with Gasteiger partial charge in [-0.15, -0.1) is 0 Å². The van der Waals surface area contributed by atoms with Crippen molar-refractivity contribution in [3.05, 3.63) is 34.9 Å². The number of fused-ring (bicyclic) bond motifs is 1. The summed E-state index contributed by atoms with van der Waals surface area (Å²) in [4.78, 5) is 4.34. The van der Waals surface area contributed by atoms with Crippen molar-refractivity contribution in [1.82, 2.24) is 0 Å². The van der Waals surface area contributed by atoms with E-state index in [4.69, 9.17) is 4.74 Å². The molecule has 0 N–H and O–H groups in total. The lowest BCUT2D eigenvalue weighted by Crippen LogP contribution is -1.98. The average molecular weight is 189 g/mol. The highest BCUT2D eigenvalue weighted by atomic mass is 16.5. The van der Waals surface area contributed by atoms with Crippen LogP contribution in [0, 0.1) is 6.92 Å². The Morgan fingerprint density at radius 1 is 1.43 bits per heavy atom. The van der Waals surface area contributed by atoms with Gasteiger partial charge in [-0.1, -0.05) is 17.7 Å². The minimum atomic E-state index is 0.148. The van der Waals surface area contributed by atoms with E-state index in [-0.39, 0.29) is 6.10 Å². The minimum Gasteiger partial charge on any atom is -0.470 e. The SMILES string of the molecule is CCN=C1OC(C)c2cc(C)ccc21. The fraction of sp³-hybridized carbons (Fsp3) is 0.417. The molecule has 1 atom stereocenters. The largest absolute Gasteiger partial charge is 0.470 e. The number of ether oxygens (including phenoxy) is 1. The van der Waals surface area contributed by atoms with Crippen LogP contribution < -0.4 is 0 Å². The van der Waals surface area contributed by atoms with Crippen LogP contribution in [0.15, 0.2) is 23.2 Å². The van der Waals surface area contributed by atoms with E-state index in [2.05, 4.69) is 37.0 Å². The number of aryl methyl sites for hydroxylation is 1. The summed E-state index contributed by atoms with van der Waals surface area (Å²) in [5.74, 6) is 0.801.